The maximum absolute atomic E-state index is 10.8. The quantitative estimate of drug-likeness (QED) is 0.873. The molecule has 0 bridgehead atoms. The lowest BCUT2D eigenvalue weighted by atomic mass is 9.86. The highest BCUT2D eigenvalue weighted by molar-refractivity contribution is 5.13. The Morgan fingerprint density at radius 2 is 2.41 bits per heavy atom. The summed E-state index contributed by atoms with van der Waals surface area (Å²) in [5.74, 6) is 0. The summed E-state index contributed by atoms with van der Waals surface area (Å²) in [7, 11) is 0. The summed E-state index contributed by atoms with van der Waals surface area (Å²) < 4.78 is 7.58. The Labute approximate surface area is 103 Å². The molecule has 4 nitrogen and oxygen atoms in total. The average Bonchev–Trinajstić information content (AvgIpc) is 2.78. The Balaban J connectivity index is 2.17. The van der Waals surface area contributed by atoms with Crippen LogP contribution in [0.25, 0.3) is 0 Å². The van der Waals surface area contributed by atoms with Crippen LogP contribution in [0, 0.1) is 0 Å². The maximum Gasteiger partial charge on any atom is 0.111 e. The van der Waals surface area contributed by atoms with Gasteiger partial charge < -0.3 is 9.84 Å². The van der Waals surface area contributed by atoms with Crippen molar-refractivity contribution in [2.45, 2.75) is 57.8 Å². The Kier molecular flexibility index (Phi) is 3.84. The average molecular weight is 238 g/mol. The summed E-state index contributed by atoms with van der Waals surface area (Å²) in [6.45, 7) is 5.62. The molecule has 0 aromatic carbocycles. The molecule has 1 aromatic rings. The monoisotopic (exact) mass is 238 g/mol. The van der Waals surface area contributed by atoms with Gasteiger partial charge >= 0.3 is 0 Å². The number of aliphatic hydroxyl groups is 1. The molecule has 0 amide bonds. The molecule has 1 saturated heterocycles. The fraction of sp³-hybridized carbons (Fsp3) is 0.769. The van der Waals surface area contributed by atoms with E-state index in [1.165, 1.54) is 0 Å². The van der Waals surface area contributed by atoms with Gasteiger partial charge in [-0.05, 0) is 19.4 Å². The van der Waals surface area contributed by atoms with E-state index in [0.717, 1.165) is 25.1 Å². The van der Waals surface area contributed by atoms with Crippen molar-refractivity contribution < 1.29 is 9.84 Å². The molecule has 1 aliphatic heterocycles. The minimum absolute atomic E-state index is 0.180. The van der Waals surface area contributed by atoms with Gasteiger partial charge in [-0.3, -0.25) is 4.68 Å². The first-order chi connectivity index (χ1) is 8.19. The second-order valence-electron chi connectivity index (χ2n) is 4.80. The summed E-state index contributed by atoms with van der Waals surface area (Å²) in [4.78, 5) is 0. The van der Waals surface area contributed by atoms with Gasteiger partial charge in [0.15, 0.2) is 0 Å². The molecular weight excluding hydrogens is 216 g/mol. The zero-order chi connectivity index (χ0) is 12.3. The molecule has 17 heavy (non-hydrogen) atoms. The van der Waals surface area contributed by atoms with E-state index in [1.54, 1.807) is 6.20 Å². The van der Waals surface area contributed by atoms with E-state index >= 15 is 0 Å². The molecular formula is C13H22N2O2. The Hall–Kier alpha value is -0.870. The largest absolute Gasteiger partial charge is 0.383 e. The normalized spacial score (nSPS) is 29.5. The third-order valence-corrected chi connectivity index (χ3v) is 3.54. The van der Waals surface area contributed by atoms with Crippen molar-refractivity contribution in [1.29, 1.82) is 0 Å². The topological polar surface area (TPSA) is 47.3 Å². The third kappa shape index (κ3) is 2.53. The minimum Gasteiger partial charge on any atom is -0.383 e. The van der Waals surface area contributed by atoms with Crippen LogP contribution >= 0.6 is 0 Å². The highest BCUT2D eigenvalue weighted by Crippen LogP contribution is 2.35. The number of aryl methyl sites for hydroxylation is 1. The molecule has 2 rings (SSSR count). The van der Waals surface area contributed by atoms with E-state index in [0.29, 0.717) is 19.4 Å². The van der Waals surface area contributed by atoms with Crippen molar-refractivity contribution in [3.05, 3.63) is 18.0 Å². The number of hydrogen-bond acceptors (Lipinski definition) is 3. The van der Waals surface area contributed by atoms with E-state index < -0.39 is 5.60 Å². The van der Waals surface area contributed by atoms with Crippen LogP contribution in [0.5, 0.6) is 0 Å². The van der Waals surface area contributed by atoms with Crippen molar-refractivity contribution in [3.63, 3.8) is 0 Å². The molecule has 0 saturated carbocycles. The molecule has 2 atom stereocenters. The minimum atomic E-state index is -0.759. The van der Waals surface area contributed by atoms with E-state index in [2.05, 4.69) is 12.0 Å². The lowest BCUT2D eigenvalue weighted by molar-refractivity contribution is -0.113. The Morgan fingerprint density at radius 1 is 1.59 bits per heavy atom. The van der Waals surface area contributed by atoms with Crippen molar-refractivity contribution in [2.75, 3.05) is 6.61 Å². The van der Waals surface area contributed by atoms with Crippen molar-refractivity contribution in [3.8, 4) is 0 Å². The van der Waals surface area contributed by atoms with E-state index in [9.17, 15) is 5.11 Å². The van der Waals surface area contributed by atoms with Gasteiger partial charge in [-0.15, -0.1) is 0 Å². The first kappa shape index (κ1) is 12.6. The third-order valence-electron chi connectivity index (χ3n) is 3.54. The van der Waals surface area contributed by atoms with E-state index in [1.807, 2.05) is 17.7 Å². The zero-order valence-electron chi connectivity index (χ0n) is 10.7. The van der Waals surface area contributed by atoms with Crippen LogP contribution in [0.3, 0.4) is 0 Å². The smallest absolute Gasteiger partial charge is 0.111 e. The molecule has 0 aliphatic carbocycles. The molecule has 96 valence electrons. The second-order valence-corrected chi connectivity index (χ2v) is 4.80. The fourth-order valence-electron chi connectivity index (χ4n) is 2.65. The highest BCUT2D eigenvalue weighted by Gasteiger charge is 2.38. The summed E-state index contributed by atoms with van der Waals surface area (Å²) in [5.41, 5.74) is 0.175. The van der Waals surface area contributed by atoms with Crippen LogP contribution in [0.2, 0.25) is 0 Å². The molecule has 1 N–H and O–H groups in total. The number of nitrogens with zero attached hydrogens (tertiary/aromatic N) is 2. The van der Waals surface area contributed by atoms with Crippen molar-refractivity contribution in [1.82, 2.24) is 9.78 Å². The van der Waals surface area contributed by atoms with Gasteiger partial charge in [0.05, 0.1) is 18.4 Å². The number of rotatable bonds is 4. The van der Waals surface area contributed by atoms with Crippen LogP contribution in [0.1, 0.15) is 45.2 Å². The van der Waals surface area contributed by atoms with Gasteiger partial charge in [0.2, 0.25) is 0 Å². The van der Waals surface area contributed by atoms with Gasteiger partial charge in [0.1, 0.15) is 5.60 Å². The van der Waals surface area contributed by atoms with E-state index in [-0.39, 0.29) is 6.10 Å². The lowest BCUT2D eigenvalue weighted by Crippen LogP contribution is -2.40. The van der Waals surface area contributed by atoms with Crippen LogP contribution in [0.4, 0.5) is 0 Å². The van der Waals surface area contributed by atoms with Gasteiger partial charge in [0, 0.05) is 25.6 Å². The standard InChI is InChI=1S/C13H22N2O2/c1-3-5-11-10-13(16,7-9-17-11)12-6-8-14-15(12)4-2/h6,8,11,16H,3-5,7,9-10H2,1-2H3. The highest BCUT2D eigenvalue weighted by atomic mass is 16.5. The second kappa shape index (κ2) is 5.19. The number of hydrogen-bond donors (Lipinski definition) is 1. The molecule has 4 heteroatoms. The molecule has 0 radical (unpaired) electrons. The van der Waals surface area contributed by atoms with Crippen LogP contribution in [0.15, 0.2) is 12.3 Å². The Morgan fingerprint density at radius 3 is 3.12 bits per heavy atom. The molecule has 2 heterocycles. The first-order valence-corrected chi connectivity index (χ1v) is 6.56. The van der Waals surface area contributed by atoms with Gasteiger partial charge in [-0.25, -0.2) is 0 Å². The van der Waals surface area contributed by atoms with Crippen molar-refractivity contribution >= 4 is 0 Å². The summed E-state index contributed by atoms with van der Waals surface area (Å²) in [6, 6.07) is 1.93. The van der Waals surface area contributed by atoms with Crippen LogP contribution < -0.4 is 0 Å². The van der Waals surface area contributed by atoms with Crippen LogP contribution in [-0.4, -0.2) is 27.6 Å². The van der Waals surface area contributed by atoms with Gasteiger partial charge in [-0.1, -0.05) is 13.3 Å². The molecule has 1 aliphatic rings. The molecule has 2 unspecified atom stereocenters. The maximum atomic E-state index is 10.8. The summed E-state index contributed by atoms with van der Waals surface area (Å²) >= 11 is 0. The fourth-order valence-corrected chi connectivity index (χ4v) is 2.65. The number of aromatic nitrogens is 2. The number of ether oxygens (including phenoxy) is 1. The molecule has 1 aromatic heterocycles. The lowest BCUT2D eigenvalue weighted by Gasteiger charge is -2.37. The first-order valence-electron chi connectivity index (χ1n) is 6.56. The zero-order valence-corrected chi connectivity index (χ0v) is 10.7. The predicted molar refractivity (Wildman–Crippen MR) is 65.7 cm³/mol. The van der Waals surface area contributed by atoms with Crippen molar-refractivity contribution in [2.24, 2.45) is 0 Å². The SMILES string of the molecule is CCCC1CC(O)(c2ccnn2CC)CCO1. The summed E-state index contributed by atoms with van der Waals surface area (Å²) in [6.07, 6.45) is 5.40. The molecule has 0 spiro atoms. The molecule has 1 fully saturated rings. The van der Waals surface area contributed by atoms with E-state index in [4.69, 9.17) is 4.74 Å². The van der Waals surface area contributed by atoms with Gasteiger partial charge in [-0.2, -0.15) is 5.10 Å². The summed E-state index contributed by atoms with van der Waals surface area (Å²) in [5, 5.41) is 15.0. The van der Waals surface area contributed by atoms with Gasteiger partial charge in [0.25, 0.3) is 0 Å². The predicted octanol–water partition coefficient (Wildman–Crippen LogP) is 2.07. The van der Waals surface area contributed by atoms with Crippen LogP contribution in [-0.2, 0) is 16.9 Å². The Bertz CT molecular complexity index is 362.